The molecule has 0 spiro atoms. The largest absolute Gasteiger partial charge is 0.368 e. The number of nitrogens with zero attached hydrogens (tertiary/aromatic N) is 1. The summed E-state index contributed by atoms with van der Waals surface area (Å²) >= 11 is 12.3. The average molecular weight is 466 g/mol. The zero-order chi connectivity index (χ0) is 22.1. The predicted octanol–water partition coefficient (Wildman–Crippen LogP) is 7.37. The number of fused-ring (bicyclic) bond motifs is 2. The highest BCUT2D eigenvalue weighted by Crippen LogP contribution is 2.47. The smallest absolute Gasteiger partial charge is 0.108 e. The van der Waals surface area contributed by atoms with Gasteiger partial charge in [0.1, 0.15) is 6.10 Å². The van der Waals surface area contributed by atoms with Crippen molar-refractivity contribution in [3.8, 4) is 0 Å². The first kappa shape index (κ1) is 22.0. The third kappa shape index (κ3) is 4.47. The van der Waals surface area contributed by atoms with Crippen molar-refractivity contribution in [3.63, 3.8) is 0 Å². The monoisotopic (exact) mass is 465 g/mol. The normalized spacial score (nSPS) is 26.2. The molecule has 2 nitrogen and oxygen atoms in total. The van der Waals surface area contributed by atoms with Gasteiger partial charge in [-0.1, -0.05) is 77.8 Å². The number of hydrogen-bond acceptors (Lipinski definition) is 2. The van der Waals surface area contributed by atoms with Crippen molar-refractivity contribution in [3.05, 3.63) is 106 Å². The first-order chi connectivity index (χ1) is 15.6. The van der Waals surface area contributed by atoms with Crippen LogP contribution >= 0.6 is 23.2 Å². The van der Waals surface area contributed by atoms with E-state index in [1.54, 1.807) is 0 Å². The maximum atomic E-state index is 6.77. The number of ether oxygens (including phenoxy) is 1. The van der Waals surface area contributed by atoms with Gasteiger partial charge in [-0.15, -0.1) is 0 Å². The van der Waals surface area contributed by atoms with Crippen molar-refractivity contribution in [2.24, 2.45) is 5.92 Å². The molecule has 2 aliphatic rings. The summed E-state index contributed by atoms with van der Waals surface area (Å²) in [6, 6.07) is 28.2. The van der Waals surface area contributed by atoms with E-state index in [2.05, 4.69) is 60.5 Å². The zero-order valence-corrected chi connectivity index (χ0v) is 19.8. The fourth-order valence-electron chi connectivity index (χ4n) is 5.76. The molecule has 0 aliphatic carbocycles. The Kier molecular flexibility index (Phi) is 6.57. The average Bonchev–Trinajstić information content (AvgIpc) is 3.06. The highest BCUT2D eigenvalue weighted by atomic mass is 35.5. The van der Waals surface area contributed by atoms with E-state index in [1.165, 1.54) is 30.4 Å². The van der Waals surface area contributed by atoms with Gasteiger partial charge < -0.3 is 9.64 Å². The van der Waals surface area contributed by atoms with Gasteiger partial charge in [0.15, 0.2) is 0 Å². The highest BCUT2D eigenvalue weighted by molar-refractivity contribution is 6.30. The van der Waals surface area contributed by atoms with E-state index in [9.17, 15) is 0 Å². The van der Waals surface area contributed by atoms with E-state index in [0.29, 0.717) is 23.9 Å². The van der Waals surface area contributed by atoms with E-state index in [1.807, 2.05) is 30.3 Å². The van der Waals surface area contributed by atoms with E-state index in [4.69, 9.17) is 27.9 Å². The summed E-state index contributed by atoms with van der Waals surface area (Å²) in [4.78, 5) is 2.60. The van der Waals surface area contributed by atoms with Gasteiger partial charge in [-0.25, -0.2) is 0 Å². The lowest BCUT2D eigenvalue weighted by atomic mass is 9.76. The molecule has 0 aromatic heterocycles. The van der Waals surface area contributed by atoms with Gasteiger partial charge >= 0.3 is 0 Å². The molecule has 2 bridgehead atoms. The van der Waals surface area contributed by atoms with Gasteiger partial charge in [0.2, 0.25) is 0 Å². The van der Waals surface area contributed by atoms with Crippen molar-refractivity contribution >= 4 is 23.2 Å². The Bertz CT molecular complexity index is 1020. The maximum Gasteiger partial charge on any atom is 0.108 e. The molecule has 2 fully saturated rings. The van der Waals surface area contributed by atoms with Crippen molar-refractivity contribution in [1.82, 2.24) is 4.90 Å². The summed E-state index contributed by atoms with van der Waals surface area (Å²) in [7, 11) is 2.29. The second kappa shape index (κ2) is 9.57. The Labute approximate surface area is 201 Å². The van der Waals surface area contributed by atoms with Gasteiger partial charge in [-0.3, -0.25) is 0 Å². The van der Waals surface area contributed by atoms with Gasteiger partial charge in [0.05, 0.1) is 6.61 Å². The molecule has 2 saturated heterocycles. The molecule has 3 aromatic rings. The summed E-state index contributed by atoms with van der Waals surface area (Å²) in [5.41, 5.74) is 3.69. The maximum absolute atomic E-state index is 6.77. The molecule has 5 rings (SSSR count). The Hall–Kier alpha value is -1.84. The molecule has 1 unspecified atom stereocenters. The number of benzene rings is 3. The van der Waals surface area contributed by atoms with Crippen molar-refractivity contribution in [2.75, 3.05) is 13.7 Å². The number of halogens is 2. The Morgan fingerprint density at radius 1 is 0.844 bits per heavy atom. The molecule has 0 N–H and O–H groups in total. The standard InChI is InChI=1S/C28H29Cl2NO/c1-31-24-15-16-27(31)26(25(17-24)19-7-11-22(29)12-8-19)18-32-28(20-5-3-2-4-6-20)21-9-13-23(30)14-10-21/h2-14,24-28H,15-18H2,1H3/t24-,25+,26+,27+,28?/m0/s1. The minimum atomic E-state index is -0.108. The van der Waals surface area contributed by atoms with E-state index >= 15 is 0 Å². The second-order valence-electron chi connectivity index (χ2n) is 9.20. The predicted molar refractivity (Wildman–Crippen MR) is 133 cm³/mol. The zero-order valence-electron chi connectivity index (χ0n) is 18.3. The van der Waals surface area contributed by atoms with Crippen LogP contribution in [0, 0.1) is 5.92 Å². The fourth-order valence-corrected chi connectivity index (χ4v) is 6.01. The molecule has 0 radical (unpaired) electrons. The molecule has 32 heavy (non-hydrogen) atoms. The van der Waals surface area contributed by atoms with Crippen molar-refractivity contribution in [1.29, 1.82) is 0 Å². The van der Waals surface area contributed by atoms with Gasteiger partial charge in [0.25, 0.3) is 0 Å². The summed E-state index contributed by atoms with van der Waals surface area (Å²) in [5, 5.41) is 1.54. The Morgan fingerprint density at radius 3 is 2.16 bits per heavy atom. The first-order valence-electron chi connectivity index (χ1n) is 11.5. The van der Waals surface area contributed by atoms with Crippen molar-refractivity contribution in [2.45, 2.75) is 43.4 Å². The quantitative estimate of drug-likeness (QED) is 0.376. The molecule has 5 atom stereocenters. The molecule has 4 heteroatoms. The lowest BCUT2D eigenvalue weighted by Crippen LogP contribution is -2.47. The van der Waals surface area contributed by atoms with Crippen LogP contribution in [0.15, 0.2) is 78.9 Å². The van der Waals surface area contributed by atoms with E-state index < -0.39 is 0 Å². The van der Waals surface area contributed by atoms with Gasteiger partial charge in [-0.05, 0) is 73.2 Å². The number of hydrogen-bond donors (Lipinski definition) is 0. The molecule has 2 aliphatic heterocycles. The second-order valence-corrected chi connectivity index (χ2v) is 10.1. The number of piperidine rings is 1. The van der Waals surface area contributed by atoms with Crippen LogP contribution in [-0.4, -0.2) is 30.6 Å². The summed E-state index contributed by atoms with van der Waals surface area (Å²) in [6.45, 7) is 0.719. The van der Waals surface area contributed by atoms with Gasteiger partial charge in [0, 0.05) is 28.0 Å². The molecule has 2 heterocycles. The third-order valence-electron chi connectivity index (χ3n) is 7.46. The SMILES string of the molecule is CN1[C@H]2CC[C@@H]1[C@H](COC(c1ccccc1)c1ccc(Cl)cc1)[C@@H](c1ccc(Cl)cc1)C2. The molecule has 166 valence electrons. The molecule has 0 amide bonds. The number of rotatable bonds is 6. The Morgan fingerprint density at radius 2 is 1.47 bits per heavy atom. The van der Waals surface area contributed by atoms with Crippen LogP contribution < -0.4 is 0 Å². The lowest BCUT2D eigenvalue weighted by molar-refractivity contribution is -0.00335. The third-order valence-corrected chi connectivity index (χ3v) is 7.96. The first-order valence-corrected chi connectivity index (χ1v) is 12.2. The molecule has 3 aromatic carbocycles. The van der Waals surface area contributed by atoms with Crippen LogP contribution in [0.3, 0.4) is 0 Å². The van der Waals surface area contributed by atoms with Crippen LogP contribution in [0.4, 0.5) is 0 Å². The van der Waals surface area contributed by atoms with Crippen LogP contribution in [-0.2, 0) is 4.74 Å². The highest BCUT2D eigenvalue weighted by Gasteiger charge is 2.46. The van der Waals surface area contributed by atoms with Crippen LogP contribution in [0.5, 0.6) is 0 Å². The minimum absolute atomic E-state index is 0.108. The fraction of sp³-hybridized carbons (Fsp3) is 0.357. The lowest BCUT2D eigenvalue weighted by Gasteiger charge is -2.43. The Balaban J connectivity index is 1.43. The van der Waals surface area contributed by atoms with E-state index in [0.717, 1.165) is 22.2 Å². The van der Waals surface area contributed by atoms with Gasteiger partial charge in [-0.2, -0.15) is 0 Å². The molecular weight excluding hydrogens is 437 g/mol. The van der Waals surface area contributed by atoms with Crippen molar-refractivity contribution < 1.29 is 4.74 Å². The molecular formula is C28H29Cl2NO. The topological polar surface area (TPSA) is 12.5 Å². The summed E-state index contributed by atoms with van der Waals surface area (Å²) in [5.74, 6) is 0.932. The summed E-state index contributed by atoms with van der Waals surface area (Å²) < 4.78 is 6.77. The minimum Gasteiger partial charge on any atom is -0.368 e. The van der Waals surface area contributed by atoms with Crippen LogP contribution in [0.2, 0.25) is 10.0 Å². The van der Waals surface area contributed by atoms with Crippen LogP contribution in [0.1, 0.15) is 48.0 Å². The van der Waals surface area contributed by atoms with E-state index in [-0.39, 0.29) is 6.10 Å². The van der Waals surface area contributed by atoms with Crippen LogP contribution in [0.25, 0.3) is 0 Å². The summed E-state index contributed by atoms with van der Waals surface area (Å²) in [6.07, 6.45) is 3.60. The molecule has 0 saturated carbocycles.